The molecule has 1 aliphatic heterocycles. The maximum absolute atomic E-state index is 13.5. The fraction of sp³-hybridized carbons (Fsp3) is 0.897. The Labute approximate surface area is 213 Å². The molecule has 1 saturated heterocycles. The number of ether oxygens (including phenoxy) is 2. The molecule has 1 aliphatic carbocycles. The van der Waals surface area contributed by atoms with Crippen molar-refractivity contribution in [2.75, 3.05) is 14.1 Å². The van der Waals surface area contributed by atoms with Crippen LogP contribution in [-0.2, 0) is 23.9 Å². The van der Waals surface area contributed by atoms with E-state index in [-0.39, 0.29) is 47.1 Å². The predicted octanol–water partition coefficient (Wildman–Crippen LogP) is 5.31. The van der Waals surface area contributed by atoms with Crippen molar-refractivity contribution >= 4 is 17.3 Å². The molecule has 6 nitrogen and oxygen atoms in total. The van der Waals surface area contributed by atoms with Crippen LogP contribution < -0.4 is 0 Å². The largest absolute Gasteiger partial charge is 0.350 e. The van der Waals surface area contributed by atoms with Gasteiger partial charge in [-0.3, -0.25) is 14.4 Å². The van der Waals surface area contributed by atoms with Gasteiger partial charge in [-0.25, -0.2) is 0 Å². The summed E-state index contributed by atoms with van der Waals surface area (Å²) in [6.45, 7) is 13.9. The van der Waals surface area contributed by atoms with Crippen LogP contribution in [0, 0.1) is 35.5 Å². The topological polar surface area (TPSA) is 72.9 Å². The number of ketones is 3. The first kappa shape index (κ1) is 30.1. The highest BCUT2D eigenvalue weighted by Crippen LogP contribution is 2.33. The summed E-state index contributed by atoms with van der Waals surface area (Å²) in [4.78, 5) is 42.0. The Kier molecular flexibility index (Phi) is 11.6. The van der Waals surface area contributed by atoms with Gasteiger partial charge in [-0.2, -0.15) is 0 Å². The quantitative estimate of drug-likeness (QED) is 0.494. The first-order valence-electron chi connectivity index (χ1n) is 13.9. The SMILES string of the molecule is CC[C@@H]1CC[C@@H](C)C(=O)[C@H](C)C[C@H](C)[C@H](O[C@H]2C[C@@H](N(C)C)C[C@@H](C)O2)[C@@H](C)C(=O)[C@@H](C)C(=O)C1. The summed E-state index contributed by atoms with van der Waals surface area (Å²) in [6.07, 6.45) is 4.51. The van der Waals surface area contributed by atoms with Crippen LogP contribution in [0.25, 0.3) is 0 Å². The molecule has 0 aromatic carbocycles. The number of hydrogen-bond donors (Lipinski definition) is 0. The summed E-state index contributed by atoms with van der Waals surface area (Å²) >= 11 is 0. The van der Waals surface area contributed by atoms with Gasteiger partial charge in [-0.1, -0.05) is 41.0 Å². The molecule has 1 saturated carbocycles. The van der Waals surface area contributed by atoms with Gasteiger partial charge in [0.2, 0.25) is 0 Å². The molecule has 0 N–H and O–H groups in total. The summed E-state index contributed by atoms with van der Waals surface area (Å²) in [5.41, 5.74) is 0. The second-order valence-electron chi connectivity index (χ2n) is 11.9. The van der Waals surface area contributed by atoms with Crippen LogP contribution in [0.4, 0.5) is 0 Å². The van der Waals surface area contributed by atoms with Crippen molar-refractivity contribution in [2.45, 2.75) is 118 Å². The van der Waals surface area contributed by atoms with Gasteiger partial charge < -0.3 is 14.4 Å². The summed E-state index contributed by atoms with van der Waals surface area (Å²) in [5, 5.41) is 0. The van der Waals surface area contributed by atoms with E-state index < -0.39 is 24.2 Å². The Morgan fingerprint density at radius 2 is 1.54 bits per heavy atom. The molecule has 2 aliphatic rings. The van der Waals surface area contributed by atoms with Crippen LogP contribution in [0.2, 0.25) is 0 Å². The number of carbonyl (C=O) groups is 3. The van der Waals surface area contributed by atoms with E-state index in [9.17, 15) is 14.4 Å². The Morgan fingerprint density at radius 3 is 2.14 bits per heavy atom. The molecule has 0 amide bonds. The van der Waals surface area contributed by atoms with E-state index in [0.29, 0.717) is 18.9 Å². The smallest absolute Gasteiger partial charge is 0.159 e. The molecule has 202 valence electrons. The molecule has 2 rings (SSSR count). The average Bonchev–Trinajstić information content (AvgIpc) is 2.81. The van der Waals surface area contributed by atoms with Crippen LogP contribution in [0.5, 0.6) is 0 Å². The monoisotopic (exact) mass is 493 g/mol. The number of hydrogen-bond acceptors (Lipinski definition) is 6. The van der Waals surface area contributed by atoms with Gasteiger partial charge in [-0.05, 0) is 65.5 Å². The maximum atomic E-state index is 13.5. The van der Waals surface area contributed by atoms with Crippen LogP contribution in [0.3, 0.4) is 0 Å². The van der Waals surface area contributed by atoms with Gasteiger partial charge in [0.25, 0.3) is 0 Å². The molecule has 1 heterocycles. The van der Waals surface area contributed by atoms with Gasteiger partial charge in [0.1, 0.15) is 17.3 Å². The average molecular weight is 494 g/mol. The highest BCUT2D eigenvalue weighted by atomic mass is 16.7. The first-order valence-corrected chi connectivity index (χ1v) is 13.9. The van der Waals surface area contributed by atoms with Crippen molar-refractivity contribution in [3.05, 3.63) is 0 Å². The molecule has 0 aromatic heterocycles. The molecule has 6 heteroatoms. The number of carbonyl (C=O) groups excluding carboxylic acids is 3. The Hall–Kier alpha value is -1.11. The molecule has 0 radical (unpaired) electrons. The summed E-state index contributed by atoms with van der Waals surface area (Å²) in [7, 11) is 4.14. The van der Waals surface area contributed by atoms with Gasteiger partial charge >= 0.3 is 0 Å². The van der Waals surface area contributed by atoms with Crippen LogP contribution in [0.1, 0.15) is 93.4 Å². The minimum absolute atomic E-state index is 0.0136. The minimum atomic E-state index is -0.641. The second kappa shape index (κ2) is 13.4. The number of rotatable bonds is 4. The highest BCUT2D eigenvalue weighted by molar-refractivity contribution is 6.03. The van der Waals surface area contributed by atoms with E-state index in [2.05, 4.69) is 39.8 Å². The first-order chi connectivity index (χ1) is 16.3. The molecule has 0 bridgehead atoms. The Balaban J connectivity index is 2.33. The standard InChI is InChI=1S/C29H51NO5/c1-10-23-12-11-17(2)27(32)18(3)13-19(4)29(22(7)28(33)21(6)25(31)15-23)35-26-16-24(30(8)9)14-20(5)34-26/h17-24,26,29H,10-16H2,1-9H3/t17-,18-,19+,20-,21+,22+,23-,24+,26+,29+/m1/s1. The number of Topliss-reactive ketones (excluding diaryl/α,β-unsaturated/α-hetero) is 3. The van der Waals surface area contributed by atoms with Crippen LogP contribution in [0.15, 0.2) is 0 Å². The minimum Gasteiger partial charge on any atom is -0.350 e. The van der Waals surface area contributed by atoms with Gasteiger partial charge in [0.15, 0.2) is 6.29 Å². The lowest BCUT2D eigenvalue weighted by Gasteiger charge is -2.41. The zero-order valence-corrected chi connectivity index (χ0v) is 23.7. The fourth-order valence-corrected chi connectivity index (χ4v) is 6.05. The van der Waals surface area contributed by atoms with Crippen LogP contribution >= 0.6 is 0 Å². The third-order valence-electron chi connectivity index (χ3n) is 8.68. The lowest BCUT2D eigenvalue weighted by Crippen LogP contribution is -2.47. The summed E-state index contributed by atoms with van der Waals surface area (Å²) in [6, 6.07) is 0.344. The van der Waals surface area contributed by atoms with Crippen molar-refractivity contribution in [1.29, 1.82) is 0 Å². The molecule has 2 fully saturated rings. The van der Waals surface area contributed by atoms with E-state index >= 15 is 0 Å². The van der Waals surface area contributed by atoms with Gasteiger partial charge in [0.05, 0.1) is 18.1 Å². The van der Waals surface area contributed by atoms with E-state index in [0.717, 1.165) is 32.1 Å². The van der Waals surface area contributed by atoms with Gasteiger partial charge in [-0.15, -0.1) is 0 Å². The molecule has 0 spiro atoms. The van der Waals surface area contributed by atoms with Crippen molar-refractivity contribution in [3.63, 3.8) is 0 Å². The molecule has 0 aromatic rings. The Morgan fingerprint density at radius 1 is 0.886 bits per heavy atom. The van der Waals surface area contributed by atoms with Crippen molar-refractivity contribution < 1.29 is 23.9 Å². The van der Waals surface area contributed by atoms with Crippen molar-refractivity contribution in [2.24, 2.45) is 35.5 Å². The molecule has 35 heavy (non-hydrogen) atoms. The predicted molar refractivity (Wildman–Crippen MR) is 139 cm³/mol. The van der Waals surface area contributed by atoms with E-state index in [4.69, 9.17) is 9.47 Å². The zero-order valence-electron chi connectivity index (χ0n) is 23.7. The molecule has 10 atom stereocenters. The maximum Gasteiger partial charge on any atom is 0.159 e. The lowest BCUT2D eigenvalue weighted by atomic mass is 9.76. The van der Waals surface area contributed by atoms with Crippen LogP contribution in [-0.4, -0.2) is 60.9 Å². The molecule has 0 unspecified atom stereocenters. The second-order valence-corrected chi connectivity index (χ2v) is 11.9. The molecular weight excluding hydrogens is 442 g/mol. The van der Waals surface area contributed by atoms with E-state index in [1.165, 1.54) is 0 Å². The third-order valence-corrected chi connectivity index (χ3v) is 8.68. The van der Waals surface area contributed by atoms with E-state index in [1.54, 1.807) is 6.92 Å². The fourth-order valence-electron chi connectivity index (χ4n) is 6.05. The van der Waals surface area contributed by atoms with Gasteiger partial charge in [0, 0.05) is 36.6 Å². The van der Waals surface area contributed by atoms with Crippen molar-refractivity contribution in [1.82, 2.24) is 4.90 Å². The molecular formula is C29H51NO5. The Bertz CT molecular complexity index is 722. The summed E-state index contributed by atoms with van der Waals surface area (Å²) < 4.78 is 12.7. The third kappa shape index (κ3) is 8.19. The normalized spacial score (nSPS) is 41.1. The summed E-state index contributed by atoms with van der Waals surface area (Å²) in [5.74, 6) is -0.794. The number of nitrogens with zero attached hydrogens (tertiary/aromatic N) is 1. The van der Waals surface area contributed by atoms with Crippen molar-refractivity contribution in [3.8, 4) is 0 Å². The van der Waals surface area contributed by atoms with E-state index in [1.807, 2.05) is 20.8 Å². The highest BCUT2D eigenvalue weighted by Gasteiger charge is 2.39. The zero-order chi connectivity index (χ0) is 26.4. The lowest BCUT2D eigenvalue weighted by molar-refractivity contribution is -0.236.